The lowest BCUT2D eigenvalue weighted by Crippen LogP contribution is -2.61. The Morgan fingerprint density at radius 2 is 0.959 bits per heavy atom. The molecule has 0 amide bonds. The molecule has 3 aliphatic heterocycles. The Morgan fingerprint density at radius 3 is 1.64 bits per heavy atom. The Balaban J connectivity index is 0.963. The molecule has 15 rings (SSSR count). The summed E-state index contributed by atoms with van der Waals surface area (Å²) in [6.45, 7) is 9.11. The van der Waals surface area contributed by atoms with Gasteiger partial charge in [-0.3, -0.25) is 0 Å². The number of nitrogens with zero attached hydrogens (tertiary/aromatic N) is 2. The number of fused-ring (bicyclic) bond motifs is 11. The normalized spacial score (nSPS) is 13.6. The van der Waals surface area contributed by atoms with Gasteiger partial charge in [0.05, 0.1) is 5.69 Å². The molecule has 0 spiro atoms. The summed E-state index contributed by atoms with van der Waals surface area (Å²) >= 11 is 0. The van der Waals surface area contributed by atoms with Crippen molar-refractivity contribution in [3.8, 4) is 44.9 Å². The second-order valence-corrected chi connectivity index (χ2v) is 20.9. The number of hydrogen-bond acceptors (Lipinski definition) is 6. The Labute approximate surface area is 423 Å². The van der Waals surface area contributed by atoms with Gasteiger partial charge < -0.3 is 28.1 Å². The molecule has 12 aromatic rings. The van der Waals surface area contributed by atoms with Crippen LogP contribution in [0.3, 0.4) is 0 Å². The average molecular weight is 943 g/mol. The van der Waals surface area contributed by atoms with Crippen LogP contribution < -0.4 is 35.7 Å². The fourth-order valence-electron chi connectivity index (χ4n) is 11.9. The van der Waals surface area contributed by atoms with Gasteiger partial charge in [-0.1, -0.05) is 130 Å². The summed E-state index contributed by atoms with van der Waals surface area (Å²) in [6.07, 6.45) is 0. The van der Waals surface area contributed by atoms with Crippen LogP contribution in [-0.4, -0.2) is 13.5 Å². The van der Waals surface area contributed by atoms with Crippen LogP contribution in [0, 0.1) is 6.92 Å². The molecular weight excluding hydrogens is 896 g/mol. The standard InChI is InChI=1S/C66H47BN2O4/c1-39-30-57-65-58(31-39)69(54-29-23-45(66(2,3)4)35-51(54)41-12-6-5-7-13-41)56-37-64-63(70-38-71-64)36-53(56)67(65)52-32-42(44-21-27-50-48-15-9-11-17-60(48)73-62(50)34-44)22-28-55(52)68(57)46-24-18-40(19-25-46)43-20-26-49-47-14-8-10-16-59(47)72-61(49)33-43/h5-37H,38H2,1-4H3. The van der Waals surface area contributed by atoms with Crippen molar-refractivity contribution < 1.29 is 18.3 Å². The zero-order valence-corrected chi connectivity index (χ0v) is 40.9. The van der Waals surface area contributed by atoms with Gasteiger partial charge in [0.15, 0.2) is 11.5 Å². The number of furan rings is 2. The molecule has 0 fully saturated rings. The molecule has 0 saturated heterocycles. The van der Waals surface area contributed by atoms with Gasteiger partial charge in [0, 0.05) is 61.6 Å². The Hall–Kier alpha value is -8.94. The first-order valence-electron chi connectivity index (χ1n) is 25.2. The molecule has 348 valence electrons. The van der Waals surface area contributed by atoms with Crippen molar-refractivity contribution >= 4 is 101 Å². The van der Waals surface area contributed by atoms with Gasteiger partial charge in [0.1, 0.15) is 22.3 Å². The van der Waals surface area contributed by atoms with Crippen molar-refractivity contribution in [3.05, 3.63) is 211 Å². The topological polar surface area (TPSA) is 51.2 Å². The Kier molecular flexibility index (Phi) is 8.90. The van der Waals surface area contributed by atoms with Crippen LogP contribution in [0.4, 0.5) is 34.1 Å². The summed E-state index contributed by atoms with van der Waals surface area (Å²) in [5.41, 5.74) is 22.9. The Morgan fingerprint density at radius 1 is 0.411 bits per heavy atom. The lowest BCUT2D eigenvalue weighted by atomic mass is 9.33. The number of benzene rings is 10. The number of rotatable bonds is 5. The van der Waals surface area contributed by atoms with Gasteiger partial charge in [0.2, 0.25) is 6.79 Å². The van der Waals surface area contributed by atoms with Crippen molar-refractivity contribution in [3.63, 3.8) is 0 Å². The fraction of sp³-hybridized carbons (Fsp3) is 0.0909. The van der Waals surface area contributed by atoms with Gasteiger partial charge in [-0.05, 0) is 153 Å². The van der Waals surface area contributed by atoms with Crippen LogP contribution in [0.25, 0.3) is 77.3 Å². The molecule has 6 nitrogen and oxygen atoms in total. The second kappa shape index (κ2) is 15.5. The lowest BCUT2D eigenvalue weighted by Gasteiger charge is -2.45. The van der Waals surface area contributed by atoms with Crippen LogP contribution in [0.5, 0.6) is 11.5 Å². The first-order chi connectivity index (χ1) is 35.7. The van der Waals surface area contributed by atoms with E-state index in [-0.39, 0.29) is 18.9 Å². The van der Waals surface area contributed by atoms with E-state index in [1.807, 2.05) is 24.3 Å². The third kappa shape index (κ3) is 6.44. The van der Waals surface area contributed by atoms with Crippen LogP contribution in [0.1, 0.15) is 31.9 Å². The molecular formula is C66H47BN2O4. The van der Waals surface area contributed by atoms with E-state index in [2.05, 4.69) is 213 Å². The van der Waals surface area contributed by atoms with E-state index in [1.165, 1.54) is 16.5 Å². The van der Waals surface area contributed by atoms with Crippen molar-refractivity contribution in [1.82, 2.24) is 0 Å². The molecule has 0 saturated carbocycles. The zero-order valence-electron chi connectivity index (χ0n) is 40.9. The molecule has 3 aliphatic rings. The van der Waals surface area contributed by atoms with Gasteiger partial charge in [-0.2, -0.15) is 0 Å². The highest BCUT2D eigenvalue weighted by molar-refractivity contribution is 7.00. The van der Waals surface area contributed by atoms with Crippen molar-refractivity contribution in [2.24, 2.45) is 0 Å². The maximum absolute atomic E-state index is 6.47. The summed E-state index contributed by atoms with van der Waals surface area (Å²) in [5, 5.41) is 4.49. The largest absolute Gasteiger partial charge is 0.456 e. The molecule has 2 aromatic heterocycles. The maximum atomic E-state index is 6.47. The van der Waals surface area contributed by atoms with E-state index >= 15 is 0 Å². The Bertz CT molecular complexity index is 4260. The maximum Gasteiger partial charge on any atom is 0.252 e. The number of aryl methyl sites for hydroxylation is 1. The summed E-state index contributed by atoms with van der Waals surface area (Å²) in [5.74, 6) is 1.51. The third-order valence-electron chi connectivity index (χ3n) is 15.4. The first-order valence-corrected chi connectivity index (χ1v) is 25.2. The molecule has 0 bridgehead atoms. The van der Waals surface area contributed by atoms with E-state index in [4.69, 9.17) is 18.3 Å². The van der Waals surface area contributed by atoms with Crippen molar-refractivity contribution in [2.45, 2.75) is 33.1 Å². The number of anilines is 6. The third-order valence-corrected chi connectivity index (χ3v) is 15.4. The van der Waals surface area contributed by atoms with Crippen LogP contribution in [0.2, 0.25) is 0 Å². The van der Waals surface area contributed by atoms with Crippen molar-refractivity contribution in [1.29, 1.82) is 0 Å². The molecule has 7 heteroatoms. The molecule has 0 radical (unpaired) electrons. The van der Waals surface area contributed by atoms with E-state index in [9.17, 15) is 0 Å². The number of ether oxygens (including phenoxy) is 2. The molecule has 0 unspecified atom stereocenters. The number of para-hydroxylation sites is 2. The minimum absolute atomic E-state index is 0.0615. The SMILES string of the molecule is Cc1cc2c3c(c1)N(c1ccc(C(C)(C)C)cc1-c1ccccc1)c1cc4c(cc1B3c1cc(-c3ccc5c(c3)oc3ccccc35)ccc1N2c1ccc(-c2ccc3c(c2)oc2ccccc23)cc1)OCO4. The molecule has 10 aromatic carbocycles. The molecule has 0 aliphatic carbocycles. The van der Waals surface area contributed by atoms with E-state index < -0.39 is 0 Å². The van der Waals surface area contributed by atoms with E-state index in [0.29, 0.717) is 0 Å². The smallest absolute Gasteiger partial charge is 0.252 e. The van der Waals surface area contributed by atoms with Crippen molar-refractivity contribution in [2.75, 3.05) is 16.6 Å². The summed E-state index contributed by atoms with van der Waals surface area (Å²) < 4.78 is 25.3. The van der Waals surface area contributed by atoms with Gasteiger partial charge in [-0.15, -0.1) is 0 Å². The fourth-order valence-corrected chi connectivity index (χ4v) is 11.9. The van der Waals surface area contributed by atoms with Crippen LogP contribution >= 0.6 is 0 Å². The van der Waals surface area contributed by atoms with E-state index in [0.717, 1.165) is 134 Å². The predicted octanol–water partition coefficient (Wildman–Crippen LogP) is 15.9. The minimum Gasteiger partial charge on any atom is -0.456 e. The minimum atomic E-state index is -0.156. The number of hydrogen-bond donors (Lipinski definition) is 0. The summed E-state index contributed by atoms with van der Waals surface area (Å²) in [4.78, 5) is 4.97. The van der Waals surface area contributed by atoms with Gasteiger partial charge in [-0.25, -0.2) is 0 Å². The first kappa shape index (κ1) is 41.8. The van der Waals surface area contributed by atoms with Crippen LogP contribution in [0.15, 0.2) is 209 Å². The highest BCUT2D eigenvalue weighted by atomic mass is 16.7. The highest BCUT2D eigenvalue weighted by Gasteiger charge is 2.45. The quantitative estimate of drug-likeness (QED) is 0.160. The lowest BCUT2D eigenvalue weighted by molar-refractivity contribution is 0.174. The summed E-state index contributed by atoms with van der Waals surface area (Å²) in [6, 6.07) is 72.8. The predicted molar refractivity (Wildman–Crippen MR) is 301 cm³/mol. The van der Waals surface area contributed by atoms with Gasteiger partial charge in [0.25, 0.3) is 6.71 Å². The monoisotopic (exact) mass is 942 g/mol. The van der Waals surface area contributed by atoms with Crippen LogP contribution in [-0.2, 0) is 5.41 Å². The molecule has 0 N–H and O–H groups in total. The molecule has 5 heterocycles. The zero-order chi connectivity index (χ0) is 48.7. The van der Waals surface area contributed by atoms with Gasteiger partial charge >= 0.3 is 0 Å². The highest BCUT2D eigenvalue weighted by Crippen LogP contribution is 2.50. The van der Waals surface area contributed by atoms with E-state index in [1.54, 1.807) is 0 Å². The molecule has 73 heavy (non-hydrogen) atoms. The molecule has 0 atom stereocenters. The average Bonchev–Trinajstić information content (AvgIpc) is 4.15. The summed E-state index contributed by atoms with van der Waals surface area (Å²) in [7, 11) is 0. The second-order valence-electron chi connectivity index (χ2n) is 20.9.